The summed E-state index contributed by atoms with van der Waals surface area (Å²) in [6.07, 6.45) is 2.24. The van der Waals surface area contributed by atoms with Gasteiger partial charge in [0.1, 0.15) is 0 Å². The van der Waals surface area contributed by atoms with Crippen molar-refractivity contribution >= 4 is 21.6 Å². The Morgan fingerprint density at radius 3 is 2.82 bits per heavy atom. The minimum Gasteiger partial charge on any atom is -0.310 e. The van der Waals surface area contributed by atoms with Gasteiger partial charge in [0, 0.05) is 18.7 Å². The van der Waals surface area contributed by atoms with Crippen LogP contribution in [-0.2, 0) is 6.54 Å². The van der Waals surface area contributed by atoms with Crippen LogP contribution < -0.4 is 5.32 Å². The molecule has 0 saturated carbocycles. The van der Waals surface area contributed by atoms with Crippen LogP contribution in [0.5, 0.6) is 0 Å². The summed E-state index contributed by atoms with van der Waals surface area (Å²) in [6, 6.07) is 5.65. The van der Waals surface area contributed by atoms with E-state index in [4.69, 9.17) is 0 Å². The third-order valence-corrected chi connectivity index (χ3v) is 3.25. The molecular weight excluding hydrogens is 284 g/mol. The molecule has 0 aromatic heterocycles. The molecule has 0 aliphatic carbocycles. The lowest BCUT2D eigenvalue weighted by molar-refractivity contribution is -0.385. The number of nitrogens with zero attached hydrogens (tertiary/aromatic N) is 1. The predicted molar refractivity (Wildman–Crippen MR) is 72.0 cm³/mol. The van der Waals surface area contributed by atoms with Crippen LogP contribution in [0.2, 0.25) is 0 Å². The van der Waals surface area contributed by atoms with Crippen molar-refractivity contribution in [2.45, 2.75) is 39.3 Å². The number of benzene rings is 1. The van der Waals surface area contributed by atoms with Crippen LogP contribution in [0.3, 0.4) is 0 Å². The molecule has 17 heavy (non-hydrogen) atoms. The van der Waals surface area contributed by atoms with Crippen molar-refractivity contribution in [3.05, 3.63) is 38.3 Å². The molecule has 0 aliphatic rings. The molecule has 1 aromatic carbocycles. The van der Waals surface area contributed by atoms with Crippen LogP contribution in [0.15, 0.2) is 22.7 Å². The quantitative estimate of drug-likeness (QED) is 0.644. The van der Waals surface area contributed by atoms with Gasteiger partial charge in [-0.3, -0.25) is 10.1 Å². The van der Waals surface area contributed by atoms with E-state index in [0.29, 0.717) is 17.1 Å². The molecule has 0 bridgehead atoms. The highest BCUT2D eigenvalue weighted by Crippen LogP contribution is 2.25. The summed E-state index contributed by atoms with van der Waals surface area (Å²) < 4.78 is 0.521. The second-order valence-corrected chi connectivity index (χ2v) is 4.97. The van der Waals surface area contributed by atoms with Gasteiger partial charge >= 0.3 is 0 Å². The SMILES string of the molecule is CCCC(C)NCc1ccc(Br)c([N+](=O)[O-])c1. The minimum atomic E-state index is -0.372. The van der Waals surface area contributed by atoms with Crippen molar-refractivity contribution in [1.82, 2.24) is 5.32 Å². The van der Waals surface area contributed by atoms with Gasteiger partial charge in [0.25, 0.3) is 5.69 Å². The molecule has 4 nitrogen and oxygen atoms in total. The largest absolute Gasteiger partial charge is 0.310 e. The van der Waals surface area contributed by atoms with Gasteiger partial charge in [-0.05, 0) is 40.9 Å². The predicted octanol–water partition coefficient (Wildman–Crippen LogP) is 3.64. The van der Waals surface area contributed by atoms with E-state index in [1.807, 2.05) is 6.07 Å². The van der Waals surface area contributed by atoms with Gasteiger partial charge in [-0.15, -0.1) is 0 Å². The van der Waals surface area contributed by atoms with E-state index in [9.17, 15) is 10.1 Å². The van der Waals surface area contributed by atoms with Gasteiger partial charge in [-0.2, -0.15) is 0 Å². The van der Waals surface area contributed by atoms with Gasteiger partial charge in [-0.1, -0.05) is 19.4 Å². The Labute approximate surface area is 110 Å². The van der Waals surface area contributed by atoms with E-state index >= 15 is 0 Å². The molecule has 0 spiro atoms. The van der Waals surface area contributed by atoms with Crippen LogP contribution in [-0.4, -0.2) is 11.0 Å². The monoisotopic (exact) mass is 300 g/mol. The summed E-state index contributed by atoms with van der Waals surface area (Å²) in [4.78, 5) is 10.4. The van der Waals surface area contributed by atoms with Gasteiger partial charge in [0.15, 0.2) is 0 Å². The molecule has 0 radical (unpaired) electrons. The molecular formula is C12H17BrN2O2. The molecule has 1 aromatic rings. The number of halogens is 1. The standard InChI is InChI=1S/C12H17BrN2O2/c1-3-4-9(2)14-8-10-5-6-11(13)12(7-10)15(16)17/h5-7,9,14H,3-4,8H2,1-2H3. The lowest BCUT2D eigenvalue weighted by Crippen LogP contribution is -2.25. The Hall–Kier alpha value is -0.940. The Morgan fingerprint density at radius 2 is 2.24 bits per heavy atom. The van der Waals surface area contributed by atoms with Crippen LogP contribution in [0, 0.1) is 10.1 Å². The maximum atomic E-state index is 10.8. The first-order valence-corrected chi connectivity index (χ1v) is 6.50. The highest BCUT2D eigenvalue weighted by atomic mass is 79.9. The second-order valence-electron chi connectivity index (χ2n) is 4.11. The zero-order valence-electron chi connectivity index (χ0n) is 10.1. The van der Waals surface area contributed by atoms with Gasteiger partial charge < -0.3 is 5.32 Å². The van der Waals surface area contributed by atoms with E-state index in [-0.39, 0.29) is 10.6 Å². The van der Waals surface area contributed by atoms with Crippen LogP contribution in [0.1, 0.15) is 32.3 Å². The first kappa shape index (κ1) is 14.1. The zero-order chi connectivity index (χ0) is 12.8. The summed E-state index contributed by atoms with van der Waals surface area (Å²) in [5.41, 5.74) is 1.05. The highest BCUT2D eigenvalue weighted by Gasteiger charge is 2.12. The molecule has 0 amide bonds. The van der Waals surface area contributed by atoms with Gasteiger partial charge in [0.05, 0.1) is 9.40 Å². The number of nitrogens with one attached hydrogen (secondary N) is 1. The van der Waals surface area contributed by atoms with Crippen molar-refractivity contribution < 1.29 is 4.92 Å². The summed E-state index contributed by atoms with van der Waals surface area (Å²) in [6.45, 7) is 4.93. The van der Waals surface area contributed by atoms with E-state index in [2.05, 4.69) is 35.1 Å². The molecule has 94 valence electrons. The van der Waals surface area contributed by atoms with Crippen molar-refractivity contribution in [2.75, 3.05) is 0 Å². The first-order chi connectivity index (χ1) is 8.04. The molecule has 1 N–H and O–H groups in total. The van der Waals surface area contributed by atoms with Gasteiger partial charge in [-0.25, -0.2) is 0 Å². The molecule has 5 heteroatoms. The Kier molecular flexibility index (Phi) is 5.58. The lowest BCUT2D eigenvalue weighted by atomic mass is 10.1. The van der Waals surface area contributed by atoms with Crippen molar-refractivity contribution in [3.8, 4) is 0 Å². The third kappa shape index (κ3) is 4.44. The minimum absolute atomic E-state index is 0.118. The maximum Gasteiger partial charge on any atom is 0.283 e. The molecule has 0 saturated heterocycles. The number of nitro groups is 1. The summed E-state index contributed by atoms with van der Waals surface area (Å²) in [5, 5.41) is 14.1. The summed E-state index contributed by atoms with van der Waals surface area (Å²) in [5.74, 6) is 0. The first-order valence-electron chi connectivity index (χ1n) is 5.70. The third-order valence-electron chi connectivity index (χ3n) is 2.58. The fourth-order valence-electron chi connectivity index (χ4n) is 1.64. The topological polar surface area (TPSA) is 55.2 Å². The molecule has 0 fully saturated rings. The maximum absolute atomic E-state index is 10.8. The summed E-state index contributed by atoms with van der Waals surface area (Å²) >= 11 is 3.17. The van der Waals surface area contributed by atoms with Crippen LogP contribution >= 0.6 is 15.9 Å². The molecule has 0 aliphatic heterocycles. The Bertz CT molecular complexity index is 396. The molecule has 1 rings (SSSR count). The number of rotatable bonds is 6. The normalized spacial score (nSPS) is 12.4. The number of hydrogen-bond acceptors (Lipinski definition) is 3. The second kappa shape index (κ2) is 6.71. The van der Waals surface area contributed by atoms with Gasteiger partial charge in [0.2, 0.25) is 0 Å². The van der Waals surface area contributed by atoms with E-state index in [0.717, 1.165) is 18.4 Å². The van der Waals surface area contributed by atoms with Crippen LogP contribution in [0.25, 0.3) is 0 Å². The smallest absolute Gasteiger partial charge is 0.283 e. The fraction of sp³-hybridized carbons (Fsp3) is 0.500. The Morgan fingerprint density at radius 1 is 1.53 bits per heavy atom. The molecule has 0 heterocycles. The average Bonchev–Trinajstić information content (AvgIpc) is 2.28. The highest BCUT2D eigenvalue weighted by molar-refractivity contribution is 9.10. The lowest BCUT2D eigenvalue weighted by Gasteiger charge is -2.12. The van der Waals surface area contributed by atoms with E-state index in [1.54, 1.807) is 12.1 Å². The average molecular weight is 301 g/mol. The van der Waals surface area contributed by atoms with Crippen molar-refractivity contribution in [3.63, 3.8) is 0 Å². The van der Waals surface area contributed by atoms with Crippen molar-refractivity contribution in [2.24, 2.45) is 0 Å². The molecule has 1 atom stereocenters. The van der Waals surface area contributed by atoms with Crippen LogP contribution in [0.4, 0.5) is 5.69 Å². The number of hydrogen-bond donors (Lipinski definition) is 1. The fourth-order valence-corrected chi connectivity index (χ4v) is 2.03. The summed E-state index contributed by atoms with van der Waals surface area (Å²) in [7, 11) is 0. The van der Waals surface area contributed by atoms with E-state index < -0.39 is 0 Å². The number of nitro benzene ring substituents is 1. The molecule has 1 unspecified atom stereocenters. The van der Waals surface area contributed by atoms with E-state index in [1.165, 1.54) is 0 Å². The zero-order valence-corrected chi connectivity index (χ0v) is 11.7. The Balaban J connectivity index is 2.66. The van der Waals surface area contributed by atoms with Crippen molar-refractivity contribution in [1.29, 1.82) is 0 Å².